The largest absolute Gasteiger partial charge is 0.358 e. The van der Waals surface area contributed by atoms with E-state index in [1.165, 1.54) is 6.07 Å². The van der Waals surface area contributed by atoms with Crippen molar-refractivity contribution in [3.63, 3.8) is 0 Å². The molecule has 0 aromatic heterocycles. The molecule has 2 nitrogen and oxygen atoms in total. The molecule has 2 rings (SSSR count). The molecule has 0 saturated carbocycles. The predicted molar refractivity (Wildman–Crippen MR) is 75.8 cm³/mol. The van der Waals surface area contributed by atoms with Gasteiger partial charge >= 0.3 is 0 Å². The highest BCUT2D eigenvalue weighted by Gasteiger charge is 2.06. The van der Waals surface area contributed by atoms with Crippen LogP contribution in [-0.4, -0.2) is 5.11 Å². The van der Waals surface area contributed by atoms with Crippen molar-refractivity contribution >= 4 is 23.0 Å². The molecule has 0 radical (unpaired) electrons. The summed E-state index contributed by atoms with van der Waals surface area (Å²) in [6, 6.07) is 6.31. The zero-order valence-electron chi connectivity index (χ0n) is 10.6. The summed E-state index contributed by atoms with van der Waals surface area (Å²) < 4.78 is 52.1. The van der Waals surface area contributed by atoms with Crippen molar-refractivity contribution in [2.24, 2.45) is 0 Å². The fraction of sp³-hybridized carbons (Fsp3) is 0.0714. The number of benzene rings is 2. The van der Waals surface area contributed by atoms with Gasteiger partial charge in [-0.3, -0.25) is 0 Å². The Hall–Kier alpha value is -2.15. The van der Waals surface area contributed by atoms with E-state index in [-0.39, 0.29) is 17.3 Å². The molecule has 2 aromatic carbocycles. The highest BCUT2D eigenvalue weighted by atomic mass is 32.1. The number of hydrogen-bond acceptors (Lipinski definition) is 1. The first-order chi connectivity index (χ1) is 9.95. The molecule has 0 heterocycles. The van der Waals surface area contributed by atoms with Crippen molar-refractivity contribution in [3.8, 4) is 0 Å². The molecule has 0 fully saturated rings. The van der Waals surface area contributed by atoms with E-state index in [4.69, 9.17) is 12.2 Å². The Balaban J connectivity index is 1.95. The predicted octanol–water partition coefficient (Wildman–Crippen LogP) is 3.73. The highest BCUT2D eigenvalue weighted by Crippen LogP contribution is 2.15. The molecular formula is C14H10F4N2S. The minimum atomic E-state index is -0.968. The van der Waals surface area contributed by atoms with Crippen LogP contribution >= 0.6 is 12.2 Å². The molecule has 0 aliphatic carbocycles. The second kappa shape index (κ2) is 6.53. The summed E-state index contributed by atoms with van der Waals surface area (Å²) >= 11 is 4.92. The van der Waals surface area contributed by atoms with Crippen LogP contribution in [0.5, 0.6) is 0 Å². The number of thiocarbonyl (C=S) groups is 1. The number of halogens is 4. The Morgan fingerprint density at radius 3 is 2.33 bits per heavy atom. The fourth-order valence-corrected chi connectivity index (χ4v) is 1.77. The molecule has 2 aromatic rings. The Bertz CT molecular complexity index is 676. The van der Waals surface area contributed by atoms with Crippen LogP contribution in [0.4, 0.5) is 23.2 Å². The third-order valence-electron chi connectivity index (χ3n) is 2.61. The first kappa shape index (κ1) is 15.2. The summed E-state index contributed by atoms with van der Waals surface area (Å²) in [4.78, 5) is 0. The Morgan fingerprint density at radius 2 is 1.62 bits per heavy atom. The van der Waals surface area contributed by atoms with Gasteiger partial charge in [0.2, 0.25) is 0 Å². The lowest BCUT2D eigenvalue weighted by atomic mass is 10.2. The highest BCUT2D eigenvalue weighted by molar-refractivity contribution is 7.80. The van der Waals surface area contributed by atoms with Crippen molar-refractivity contribution in [2.75, 3.05) is 5.32 Å². The maximum atomic E-state index is 13.4. The summed E-state index contributed by atoms with van der Waals surface area (Å²) in [5.41, 5.74) is 0.343. The van der Waals surface area contributed by atoms with E-state index in [0.29, 0.717) is 5.56 Å². The zero-order chi connectivity index (χ0) is 15.4. The van der Waals surface area contributed by atoms with Crippen LogP contribution in [0, 0.1) is 23.3 Å². The van der Waals surface area contributed by atoms with Crippen LogP contribution in [0.15, 0.2) is 36.4 Å². The molecule has 2 N–H and O–H groups in total. The van der Waals surface area contributed by atoms with Crippen molar-refractivity contribution in [1.29, 1.82) is 0 Å². The zero-order valence-corrected chi connectivity index (χ0v) is 11.4. The normalized spacial score (nSPS) is 10.3. The second-order valence-corrected chi connectivity index (χ2v) is 4.59. The average Bonchev–Trinajstić information content (AvgIpc) is 2.44. The molecule has 0 unspecified atom stereocenters. The SMILES string of the molecule is Fc1ccc(F)c(NC(=S)NCc2ccc(F)c(F)c2)c1. The van der Waals surface area contributed by atoms with Gasteiger partial charge in [0, 0.05) is 12.6 Å². The van der Waals surface area contributed by atoms with E-state index >= 15 is 0 Å². The molecular weight excluding hydrogens is 304 g/mol. The molecule has 0 aliphatic heterocycles. The maximum absolute atomic E-state index is 13.4. The molecule has 21 heavy (non-hydrogen) atoms. The monoisotopic (exact) mass is 314 g/mol. The lowest BCUT2D eigenvalue weighted by molar-refractivity contribution is 0.507. The summed E-state index contributed by atoms with van der Waals surface area (Å²) in [6.45, 7) is 0.111. The van der Waals surface area contributed by atoms with Crippen LogP contribution in [-0.2, 0) is 6.54 Å². The Labute approximate surface area is 123 Å². The third-order valence-corrected chi connectivity index (χ3v) is 2.86. The summed E-state index contributed by atoms with van der Waals surface area (Å²) in [5, 5.41) is 5.20. The molecule has 0 atom stereocenters. The molecule has 0 aliphatic rings. The van der Waals surface area contributed by atoms with Gasteiger partial charge in [-0.25, -0.2) is 17.6 Å². The molecule has 0 amide bonds. The van der Waals surface area contributed by atoms with Crippen LogP contribution < -0.4 is 10.6 Å². The Kier molecular flexibility index (Phi) is 4.74. The third kappa shape index (κ3) is 4.16. The van der Waals surface area contributed by atoms with Crippen molar-refractivity contribution < 1.29 is 17.6 Å². The molecule has 0 saturated heterocycles. The van der Waals surface area contributed by atoms with Gasteiger partial charge in [0.1, 0.15) is 11.6 Å². The lowest BCUT2D eigenvalue weighted by Gasteiger charge is -2.11. The first-order valence-electron chi connectivity index (χ1n) is 5.89. The first-order valence-corrected chi connectivity index (χ1v) is 6.30. The van der Waals surface area contributed by atoms with E-state index in [2.05, 4.69) is 10.6 Å². The van der Waals surface area contributed by atoms with Gasteiger partial charge in [-0.1, -0.05) is 6.07 Å². The van der Waals surface area contributed by atoms with Gasteiger partial charge in [0.05, 0.1) is 5.69 Å². The minimum Gasteiger partial charge on any atom is -0.358 e. The van der Waals surface area contributed by atoms with E-state index < -0.39 is 23.3 Å². The maximum Gasteiger partial charge on any atom is 0.171 e. The standard InChI is InChI=1S/C14H10F4N2S/c15-9-2-4-11(17)13(6-9)20-14(21)19-7-8-1-3-10(16)12(18)5-8/h1-6H,7H2,(H2,19,20,21). The summed E-state index contributed by atoms with van der Waals surface area (Å²) in [6.07, 6.45) is 0. The van der Waals surface area contributed by atoms with Crippen LogP contribution in [0.3, 0.4) is 0 Å². The Morgan fingerprint density at radius 1 is 0.905 bits per heavy atom. The topological polar surface area (TPSA) is 24.1 Å². The molecule has 110 valence electrons. The van der Waals surface area contributed by atoms with Crippen molar-refractivity contribution in [2.45, 2.75) is 6.54 Å². The molecule has 7 heteroatoms. The lowest BCUT2D eigenvalue weighted by Crippen LogP contribution is -2.28. The number of anilines is 1. The fourth-order valence-electron chi connectivity index (χ4n) is 1.59. The van der Waals surface area contributed by atoms with Gasteiger partial charge in [0.25, 0.3) is 0 Å². The average molecular weight is 314 g/mol. The molecule has 0 bridgehead atoms. The van der Waals surface area contributed by atoms with Crippen LogP contribution in [0.2, 0.25) is 0 Å². The van der Waals surface area contributed by atoms with Gasteiger partial charge < -0.3 is 10.6 Å². The number of nitrogens with one attached hydrogen (secondary N) is 2. The number of rotatable bonds is 3. The van der Waals surface area contributed by atoms with E-state index in [9.17, 15) is 17.6 Å². The van der Waals surface area contributed by atoms with Crippen LogP contribution in [0.1, 0.15) is 5.56 Å². The van der Waals surface area contributed by atoms with Crippen molar-refractivity contribution in [1.82, 2.24) is 5.32 Å². The minimum absolute atomic E-state index is 0.0317. The van der Waals surface area contributed by atoms with E-state index in [1.807, 2.05) is 0 Å². The summed E-state index contributed by atoms with van der Waals surface area (Å²) in [5.74, 6) is -3.18. The summed E-state index contributed by atoms with van der Waals surface area (Å²) in [7, 11) is 0. The van der Waals surface area contributed by atoms with Gasteiger partial charge in [-0.15, -0.1) is 0 Å². The van der Waals surface area contributed by atoms with E-state index in [0.717, 1.165) is 30.3 Å². The van der Waals surface area contributed by atoms with E-state index in [1.54, 1.807) is 0 Å². The second-order valence-electron chi connectivity index (χ2n) is 4.18. The van der Waals surface area contributed by atoms with Crippen molar-refractivity contribution in [3.05, 3.63) is 65.2 Å². The van der Waals surface area contributed by atoms with Gasteiger partial charge in [-0.05, 0) is 42.0 Å². The van der Waals surface area contributed by atoms with Gasteiger partial charge in [0.15, 0.2) is 16.7 Å². The smallest absolute Gasteiger partial charge is 0.171 e. The quantitative estimate of drug-likeness (QED) is 0.667. The number of hydrogen-bond donors (Lipinski definition) is 2. The molecule has 0 spiro atoms. The van der Waals surface area contributed by atoms with Crippen LogP contribution in [0.25, 0.3) is 0 Å². The van der Waals surface area contributed by atoms with Gasteiger partial charge in [-0.2, -0.15) is 0 Å².